The second-order valence-corrected chi connectivity index (χ2v) is 2.44. The van der Waals surface area contributed by atoms with Crippen LogP contribution >= 0.6 is 0 Å². The molecule has 13 heavy (non-hydrogen) atoms. The zero-order valence-electron chi connectivity index (χ0n) is 7.59. The maximum absolute atomic E-state index is 11.5. The van der Waals surface area contributed by atoms with Crippen molar-refractivity contribution in [2.75, 3.05) is 19.8 Å². The molecular weight excluding hydrogens is 182 g/mol. The van der Waals surface area contributed by atoms with Crippen molar-refractivity contribution in [3.8, 4) is 0 Å². The van der Waals surface area contributed by atoms with Gasteiger partial charge in [0.15, 0.2) is 0 Å². The summed E-state index contributed by atoms with van der Waals surface area (Å²) in [6, 6.07) is 0. The quantitative estimate of drug-likeness (QED) is 0.458. The van der Waals surface area contributed by atoms with Crippen molar-refractivity contribution in [2.45, 2.75) is 26.2 Å². The molecule has 0 bridgehead atoms. The van der Waals surface area contributed by atoms with Crippen LogP contribution in [-0.4, -0.2) is 32.2 Å². The molecule has 0 aliphatic heterocycles. The molecule has 0 atom stereocenters. The van der Waals surface area contributed by atoms with E-state index in [9.17, 15) is 13.6 Å². The van der Waals surface area contributed by atoms with E-state index >= 15 is 0 Å². The zero-order valence-corrected chi connectivity index (χ0v) is 7.59. The average molecular weight is 196 g/mol. The largest absolute Gasteiger partial charge is 0.466 e. The van der Waals surface area contributed by atoms with Gasteiger partial charge in [0.1, 0.15) is 6.61 Å². The third-order valence-electron chi connectivity index (χ3n) is 1.16. The van der Waals surface area contributed by atoms with Gasteiger partial charge in [-0.2, -0.15) is 0 Å². The molecule has 0 aliphatic carbocycles. The Morgan fingerprint density at radius 2 is 2.08 bits per heavy atom. The van der Waals surface area contributed by atoms with E-state index in [4.69, 9.17) is 4.74 Å². The fourth-order valence-electron chi connectivity index (χ4n) is 0.616. The highest BCUT2D eigenvalue weighted by Crippen LogP contribution is 1.95. The molecule has 0 saturated carbocycles. The van der Waals surface area contributed by atoms with Crippen LogP contribution in [0.4, 0.5) is 8.78 Å². The van der Waals surface area contributed by atoms with Crippen LogP contribution in [0.3, 0.4) is 0 Å². The minimum Gasteiger partial charge on any atom is -0.466 e. The first-order valence-corrected chi connectivity index (χ1v) is 4.18. The zero-order chi connectivity index (χ0) is 10.1. The number of halogens is 2. The number of alkyl halides is 2. The highest BCUT2D eigenvalue weighted by molar-refractivity contribution is 5.69. The van der Waals surface area contributed by atoms with Crippen molar-refractivity contribution in [1.29, 1.82) is 0 Å². The second kappa shape index (κ2) is 7.91. The lowest BCUT2D eigenvalue weighted by Crippen LogP contribution is -2.11. The number of carbonyl (C=O) groups excluding carboxylic acids is 1. The fourth-order valence-corrected chi connectivity index (χ4v) is 0.616. The molecule has 0 aromatic heterocycles. The van der Waals surface area contributed by atoms with Gasteiger partial charge < -0.3 is 9.47 Å². The lowest BCUT2D eigenvalue weighted by Gasteiger charge is -2.03. The van der Waals surface area contributed by atoms with Crippen LogP contribution in [0, 0.1) is 0 Å². The summed E-state index contributed by atoms with van der Waals surface area (Å²) in [5.74, 6) is -0.406. The molecule has 0 radical (unpaired) electrons. The lowest BCUT2D eigenvalue weighted by atomic mass is 10.4. The SMILES string of the molecule is CCCOC(=O)CCOCC(F)F. The topological polar surface area (TPSA) is 35.5 Å². The van der Waals surface area contributed by atoms with Crippen LogP contribution in [0.2, 0.25) is 0 Å². The molecule has 0 aromatic rings. The standard InChI is InChI=1S/C8H14F2O3/c1-2-4-13-8(11)3-5-12-6-7(9)10/h7H,2-6H2,1H3. The Bertz CT molecular complexity index is 139. The highest BCUT2D eigenvalue weighted by atomic mass is 19.3. The van der Waals surface area contributed by atoms with E-state index in [0.29, 0.717) is 6.61 Å². The number of rotatable bonds is 7. The summed E-state index contributed by atoms with van der Waals surface area (Å²) in [5.41, 5.74) is 0. The van der Waals surface area contributed by atoms with E-state index in [-0.39, 0.29) is 13.0 Å². The van der Waals surface area contributed by atoms with Crippen molar-refractivity contribution in [1.82, 2.24) is 0 Å². The molecule has 0 unspecified atom stereocenters. The molecule has 0 rings (SSSR count). The minimum absolute atomic E-state index is 0.00706. The molecule has 78 valence electrons. The van der Waals surface area contributed by atoms with Gasteiger partial charge in [0.25, 0.3) is 6.43 Å². The molecule has 0 N–H and O–H groups in total. The summed E-state index contributed by atoms with van der Waals surface area (Å²) in [7, 11) is 0. The first-order valence-electron chi connectivity index (χ1n) is 4.18. The van der Waals surface area contributed by atoms with Gasteiger partial charge in [0.05, 0.1) is 19.6 Å². The van der Waals surface area contributed by atoms with Crippen molar-refractivity contribution in [3.05, 3.63) is 0 Å². The Morgan fingerprint density at radius 1 is 1.38 bits per heavy atom. The minimum atomic E-state index is -2.48. The molecule has 0 amide bonds. The van der Waals surface area contributed by atoms with Crippen molar-refractivity contribution in [2.24, 2.45) is 0 Å². The van der Waals surface area contributed by atoms with Gasteiger partial charge in [0.2, 0.25) is 0 Å². The smallest absolute Gasteiger partial charge is 0.308 e. The highest BCUT2D eigenvalue weighted by Gasteiger charge is 2.04. The van der Waals surface area contributed by atoms with E-state index in [1.807, 2.05) is 6.92 Å². The number of ether oxygens (including phenoxy) is 2. The molecule has 0 spiro atoms. The molecule has 3 nitrogen and oxygen atoms in total. The Hall–Kier alpha value is -0.710. The van der Waals surface area contributed by atoms with E-state index in [1.54, 1.807) is 0 Å². The lowest BCUT2D eigenvalue weighted by molar-refractivity contribution is -0.145. The normalized spacial score (nSPS) is 10.5. The summed E-state index contributed by atoms with van der Waals surface area (Å²) in [5, 5.41) is 0. The third kappa shape index (κ3) is 9.20. The maximum Gasteiger partial charge on any atom is 0.308 e. The van der Waals surface area contributed by atoms with Crippen LogP contribution < -0.4 is 0 Å². The summed E-state index contributed by atoms with van der Waals surface area (Å²) in [4.78, 5) is 10.8. The van der Waals surface area contributed by atoms with Gasteiger partial charge in [-0.1, -0.05) is 6.92 Å². The Kier molecular flexibility index (Phi) is 7.48. The molecule has 0 heterocycles. The van der Waals surface area contributed by atoms with Crippen molar-refractivity contribution in [3.63, 3.8) is 0 Å². The molecule has 5 heteroatoms. The number of hydrogen-bond donors (Lipinski definition) is 0. The first-order chi connectivity index (χ1) is 6.16. The van der Waals surface area contributed by atoms with Crippen LogP contribution in [0.25, 0.3) is 0 Å². The molecule has 0 fully saturated rings. The van der Waals surface area contributed by atoms with E-state index in [0.717, 1.165) is 6.42 Å². The summed E-state index contributed by atoms with van der Waals surface area (Å²) < 4.78 is 32.2. The van der Waals surface area contributed by atoms with E-state index in [1.165, 1.54) is 0 Å². The fraction of sp³-hybridized carbons (Fsp3) is 0.875. The van der Waals surface area contributed by atoms with Crippen LogP contribution in [-0.2, 0) is 14.3 Å². The molecule has 0 aliphatic rings. The Morgan fingerprint density at radius 3 is 2.62 bits per heavy atom. The number of esters is 1. The summed E-state index contributed by atoms with van der Waals surface area (Å²) >= 11 is 0. The maximum atomic E-state index is 11.5. The van der Waals surface area contributed by atoms with Gasteiger partial charge in [0, 0.05) is 0 Å². The van der Waals surface area contributed by atoms with Crippen LogP contribution in [0.5, 0.6) is 0 Å². The predicted octanol–water partition coefficient (Wildman–Crippen LogP) is 1.61. The predicted molar refractivity (Wildman–Crippen MR) is 42.7 cm³/mol. The third-order valence-corrected chi connectivity index (χ3v) is 1.16. The second-order valence-electron chi connectivity index (χ2n) is 2.44. The first kappa shape index (κ1) is 12.3. The summed E-state index contributed by atoms with van der Waals surface area (Å²) in [6.07, 6.45) is -1.69. The van der Waals surface area contributed by atoms with E-state index < -0.39 is 19.0 Å². The monoisotopic (exact) mass is 196 g/mol. The Labute approximate surface area is 76.0 Å². The number of carbonyl (C=O) groups is 1. The van der Waals surface area contributed by atoms with Crippen molar-refractivity contribution >= 4 is 5.97 Å². The van der Waals surface area contributed by atoms with Gasteiger partial charge in [-0.3, -0.25) is 4.79 Å². The Balaban J connectivity index is 3.17. The molecule has 0 saturated heterocycles. The van der Waals surface area contributed by atoms with Crippen LogP contribution in [0.15, 0.2) is 0 Å². The molecular formula is C8H14F2O3. The van der Waals surface area contributed by atoms with Gasteiger partial charge >= 0.3 is 5.97 Å². The van der Waals surface area contributed by atoms with Gasteiger partial charge in [-0.05, 0) is 6.42 Å². The summed E-state index contributed by atoms with van der Waals surface area (Å²) in [6.45, 7) is 1.61. The van der Waals surface area contributed by atoms with Gasteiger partial charge in [-0.25, -0.2) is 8.78 Å². The van der Waals surface area contributed by atoms with E-state index in [2.05, 4.69) is 4.74 Å². The number of hydrogen-bond acceptors (Lipinski definition) is 3. The van der Waals surface area contributed by atoms with Gasteiger partial charge in [-0.15, -0.1) is 0 Å². The van der Waals surface area contributed by atoms with Crippen molar-refractivity contribution < 1.29 is 23.0 Å². The van der Waals surface area contributed by atoms with Crippen LogP contribution in [0.1, 0.15) is 19.8 Å². The molecule has 0 aromatic carbocycles. The average Bonchev–Trinajstić information content (AvgIpc) is 2.08.